The van der Waals surface area contributed by atoms with Gasteiger partial charge in [0.05, 0.1) is 18.3 Å². The second-order valence-corrected chi connectivity index (χ2v) is 9.96. The van der Waals surface area contributed by atoms with Crippen molar-refractivity contribution in [2.24, 2.45) is 10.9 Å². The highest BCUT2D eigenvalue weighted by Crippen LogP contribution is 2.50. The van der Waals surface area contributed by atoms with Gasteiger partial charge in [-0.1, -0.05) is 79.2 Å². The molecule has 0 aromatic heterocycles. The molecule has 3 heteroatoms. The second kappa shape index (κ2) is 9.66. The Labute approximate surface area is 213 Å². The number of aliphatic imine (C=N–C) groups is 1. The molecule has 3 nitrogen and oxygen atoms in total. The molecule has 1 aliphatic heterocycles. The van der Waals surface area contributed by atoms with Gasteiger partial charge in [0, 0.05) is 23.4 Å². The average molecular weight is 473 g/mol. The van der Waals surface area contributed by atoms with Crippen molar-refractivity contribution in [2.75, 3.05) is 11.9 Å². The number of fused-ring (bicyclic) bond motifs is 4. The summed E-state index contributed by atoms with van der Waals surface area (Å²) in [6, 6.07) is 28.4. The van der Waals surface area contributed by atoms with E-state index in [2.05, 4.69) is 110 Å². The molecule has 0 radical (unpaired) electrons. The van der Waals surface area contributed by atoms with E-state index in [0.29, 0.717) is 24.5 Å². The normalized spacial score (nSPS) is 20.3. The molecule has 0 saturated carbocycles. The first-order valence-electron chi connectivity index (χ1n) is 13.0. The molecule has 4 aromatic carbocycles. The molecule has 3 atom stereocenters. The molecule has 2 aliphatic rings. The molecule has 1 N–H and O–H groups in total. The van der Waals surface area contributed by atoms with Gasteiger partial charge in [0.15, 0.2) is 0 Å². The van der Waals surface area contributed by atoms with Crippen molar-refractivity contribution in [2.45, 2.75) is 38.6 Å². The maximum atomic E-state index is 6.05. The quantitative estimate of drug-likeness (QED) is 0.225. The van der Waals surface area contributed by atoms with Crippen LogP contribution in [0.2, 0.25) is 0 Å². The Hall–Kier alpha value is -3.85. The van der Waals surface area contributed by atoms with E-state index in [1.165, 1.54) is 27.8 Å². The Kier molecular flexibility index (Phi) is 6.06. The van der Waals surface area contributed by atoms with Crippen molar-refractivity contribution in [3.05, 3.63) is 113 Å². The summed E-state index contributed by atoms with van der Waals surface area (Å²) >= 11 is 0. The van der Waals surface area contributed by atoms with Gasteiger partial charge in [-0.15, -0.1) is 0 Å². The molecule has 0 amide bonds. The summed E-state index contributed by atoms with van der Waals surface area (Å²) in [5.41, 5.74) is 7.31. The zero-order chi connectivity index (χ0) is 24.5. The van der Waals surface area contributed by atoms with E-state index in [4.69, 9.17) is 9.73 Å². The van der Waals surface area contributed by atoms with E-state index in [0.717, 1.165) is 35.2 Å². The lowest BCUT2D eigenvalue weighted by Crippen LogP contribution is -2.29. The van der Waals surface area contributed by atoms with Crippen LogP contribution in [0.4, 0.5) is 11.4 Å². The maximum Gasteiger partial charge on any atom is 0.128 e. The molecule has 0 spiro atoms. The van der Waals surface area contributed by atoms with Gasteiger partial charge in [0.2, 0.25) is 0 Å². The number of nitrogens with one attached hydrogen (secondary N) is 1. The van der Waals surface area contributed by atoms with Crippen molar-refractivity contribution in [1.29, 1.82) is 0 Å². The second-order valence-electron chi connectivity index (χ2n) is 9.96. The summed E-state index contributed by atoms with van der Waals surface area (Å²) in [7, 11) is 0. The van der Waals surface area contributed by atoms with E-state index in [9.17, 15) is 0 Å². The molecule has 4 aromatic rings. The Bertz CT molecular complexity index is 1450. The summed E-state index contributed by atoms with van der Waals surface area (Å²) in [5.74, 6) is 1.91. The summed E-state index contributed by atoms with van der Waals surface area (Å²) in [4.78, 5) is 4.86. The van der Waals surface area contributed by atoms with Crippen LogP contribution in [0, 0.1) is 12.8 Å². The highest BCUT2D eigenvalue weighted by Gasteiger charge is 2.37. The largest absolute Gasteiger partial charge is 0.493 e. The fraction of sp³-hybridized carbons (Fsp3) is 0.242. The van der Waals surface area contributed by atoms with Gasteiger partial charge in [-0.3, -0.25) is 4.99 Å². The minimum Gasteiger partial charge on any atom is -0.493 e. The zero-order valence-electron chi connectivity index (χ0n) is 20.9. The Morgan fingerprint density at radius 2 is 1.86 bits per heavy atom. The first-order chi connectivity index (χ1) is 17.7. The molecule has 0 fully saturated rings. The van der Waals surface area contributed by atoms with Crippen LogP contribution in [-0.4, -0.2) is 12.8 Å². The Morgan fingerprint density at radius 3 is 2.72 bits per heavy atom. The van der Waals surface area contributed by atoms with Crippen LogP contribution >= 0.6 is 0 Å². The van der Waals surface area contributed by atoms with Crippen LogP contribution in [-0.2, 0) is 0 Å². The molecular weight excluding hydrogens is 440 g/mol. The van der Waals surface area contributed by atoms with E-state index in [-0.39, 0.29) is 0 Å². The molecule has 180 valence electrons. The highest BCUT2D eigenvalue weighted by molar-refractivity contribution is 6.03. The number of allylic oxidation sites excluding steroid dienone is 2. The van der Waals surface area contributed by atoms with Crippen molar-refractivity contribution in [3.63, 3.8) is 0 Å². The third kappa shape index (κ3) is 4.19. The monoisotopic (exact) mass is 472 g/mol. The predicted octanol–water partition coefficient (Wildman–Crippen LogP) is 8.51. The van der Waals surface area contributed by atoms with Crippen LogP contribution < -0.4 is 10.1 Å². The molecule has 36 heavy (non-hydrogen) atoms. The molecule has 6 rings (SSSR count). The van der Waals surface area contributed by atoms with Crippen LogP contribution in [0.15, 0.2) is 96.0 Å². The third-order valence-electron chi connectivity index (χ3n) is 7.51. The Balaban J connectivity index is 1.28. The van der Waals surface area contributed by atoms with Crippen molar-refractivity contribution in [3.8, 4) is 5.75 Å². The number of anilines is 1. The van der Waals surface area contributed by atoms with Crippen LogP contribution in [0.25, 0.3) is 10.8 Å². The number of ether oxygens (including phenoxy) is 1. The highest BCUT2D eigenvalue weighted by atomic mass is 16.5. The van der Waals surface area contributed by atoms with E-state index >= 15 is 0 Å². The lowest BCUT2D eigenvalue weighted by Gasteiger charge is -2.37. The Morgan fingerprint density at radius 1 is 1.00 bits per heavy atom. The lowest BCUT2D eigenvalue weighted by atomic mass is 9.76. The van der Waals surface area contributed by atoms with Gasteiger partial charge < -0.3 is 10.1 Å². The first-order valence-corrected chi connectivity index (χ1v) is 13.0. The van der Waals surface area contributed by atoms with Gasteiger partial charge in [0.1, 0.15) is 5.75 Å². The van der Waals surface area contributed by atoms with Crippen LogP contribution in [0.3, 0.4) is 0 Å². The van der Waals surface area contributed by atoms with E-state index < -0.39 is 0 Å². The van der Waals surface area contributed by atoms with Crippen LogP contribution in [0.5, 0.6) is 5.75 Å². The molecule has 1 aliphatic carbocycles. The maximum absolute atomic E-state index is 6.05. The zero-order valence-corrected chi connectivity index (χ0v) is 20.9. The summed E-state index contributed by atoms with van der Waals surface area (Å²) in [6.45, 7) is 5.00. The van der Waals surface area contributed by atoms with Gasteiger partial charge in [0.25, 0.3) is 0 Å². The minimum atomic E-state index is 0.297. The number of benzene rings is 4. The number of hydrogen-bond donors (Lipinski definition) is 1. The molecule has 1 heterocycles. The fourth-order valence-electron chi connectivity index (χ4n) is 5.70. The van der Waals surface area contributed by atoms with Gasteiger partial charge in [-0.05, 0) is 71.8 Å². The molecule has 0 saturated heterocycles. The minimum absolute atomic E-state index is 0.297. The number of hydrogen-bond acceptors (Lipinski definition) is 3. The summed E-state index contributed by atoms with van der Waals surface area (Å²) in [5, 5.41) is 6.19. The first kappa shape index (κ1) is 22.6. The molecule has 0 bridgehead atoms. The summed E-state index contributed by atoms with van der Waals surface area (Å²) < 4.78 is 6.05. The predicted molar refractivity (Wildman–Crippen MR) is 151 cm³/mol. The summed E-state index contributed by atoms with van der Waals surface area (Å²) in [6.07, 6.45) is 8.79. The fourth-order valence-corrected chi connectivity index (χ4v) is 5.70. The third-order valence-corrected chi connectivity index (χ3v) is 7.51. The average Bonchev–Trinajstić information content (AvgIpc) is 3.41. The number of rotatable bonds is 6. The van der Waals surface area contributed by atoms with E-state index in [1.807, 2.05) is 6.21 Å². The number of aryl methyl sites for hydroxylation is 1. The lowest BCUT2D eigenvalue weighted by molar-refractivity contribution is 0.317. The van der Waals surface area contributed by atoms with E-state index in [1.54, 1.807) is 0 Å². The number of nitrogens with zero attached hydrogens (tertiary/aromatic N) is 1. The van der Waals surface area contributed by atoms with Crippen molar-refractivity contribution in [1.82, 2.24) is 0 Å². The standard InChI is InChI=1S/C33H32N2O/c1-3-19-36-32-18-14-23-7-4-5-8-26(23)30(32)21-34-25-15-12-24(13-16-25)33-28-10-6-9-27(28)29-20-22(2)11-17-31(29)35-33/h4-9,11-18,20-21,27-28,33,35H,3,10,19H2,1-2H3/t27-,28-,33+/m1/s1. The van der Waals surface area contributed by atoms with Gasteiger partial charge in [-0.2, -0.15) is 0 Å². The topological polar surface area (TPSA) is 33.6 Å². The van der Waals surface area contributed by atoms with Crippen molar-refractivity contribution < 1.29 is 4.74 Å². The van der Waals surface area contributed by atoms with Crippen LogP contribution in [0.1, 0.15) is 54.0 Å². The van der Waals surface area contributed by atoms with Gasteiger partial charge in [-0.25, -0.2) is 0 Å². The molecule has 0 unspecified atom stereocenters. The SMILES string of the molecule is CCCOc1ccc2ccccc2c1C=Nc1ccc([C@@H]2Nc3ccc(C)cc3[C@@H]3C=CC[C@H]32)cc1. The van der Waals surface area contributed by atoms with Gasteiger partial charge >= 0.3 is 0 Å². The smallest absolute Gasteiger partial charge is 0.128 e. The van der Waals surface area contributed by atoms with Crippen molar-refractivity contribution >= 4 is 28.4 Å². The molecular formula is C33H32N2O.